The van der Waals surface area contributed by atoms with Crippen LogP contribution in [0.15, 0.2) is 12.4 Å². The van der Waals surface area contributed by atoms with E-state index in [1.54, 1.807) is 13.1 Å². The van der Waals surface area contributed by atoms with Gasteiger partial charge in [-0.3, -0.25) is 10.1 Å². The van der Waals surface area contributed by atoms with Crippen molar-refractivity contribution in [2.24, 2.45) is 0 Å². The number of carboxylic acids is 1. The van der Waals surface area contributed by atoms with Crippen molar-refractivity contribution >= 4 is 5.97 Å². The Kier molecular flexibility index (Phi) is 4.48. The Balaban J connectivity index is 2.08. The van der Waals surface area contributed by atoms with E-state index in [9.17, 15) is 9.90 Å². The van der Waals surface area contributed by atoms with Gasteiger partial charge in [-0.1, -0.05) is 6.92 Å². The molecule has 1 fully saturated rings. The van der Waals surface area contributed by atoms with Crippen molar-refractivity contribution < 1.29 is 9.90 Å². The minimum Gasteiger partial charge on any atom is -0.480 e. The third-order valence-corrected chi connectivity index (χ3v) is 3.97. The fourth-order valence-corrected chi connectivity index (χ4v) is 2.74. The maximum absolute atomic E-state index is 11.6. The summed E-state index contributed by atoms with van der Waals surface area (Å²) in [6, 6.07) is 0.493. The summed E-state index contributed by atoms with van der Waals surface area (Å²) < 4.78 is 2.11. The number of imidazole rings is 1. The van der Waals surface area contributed by atoms with Crippen LogP contribution in [0.25, 0.3) is 0 Å². The van der Waals surface area contributed by atoms with Crippen molar-refractivity contribution in [3.05, 3.63) is 18.2 Å². The van der Waals surface area contributed by atoms with E-state index in [0.29, 0.717) is 12.5 Å². The van der Waals surface area contributed by atoms with Crippen LogP contribution in [0.1, 0.15) is 58.3 Å². The molecule has 0 saturated heterocycles. The molecule has 1 aliphatic carbocycles. The Bertz CT molecular complexity index is 467. The lowest BCUT2D eigenvalue weighted by Crippen LogP contribution is -2.51. The fourth-order valence-electron chi connectivity index (χ4n) is 2.74. The van der Waals surface area contributed by atoms with Gasteiger partial charge in [0, 0.05) is 30.9 Å². The average molecular weight is 279 g/mol. The molecule has 0 spiro atoms. The first kappa shape index (κ1) is 15.0. The zero-order valence-electron chi connectivity index (χ0n) is 12.6. The first-order valence-electron chi connectivity index (χ1n) is 7.49. The number of hydrogen-bond acceptors (Lipinski definition) is 3. The molecule has 1 aromatic heterocycles. The number of aromatic nitrogens is 2. The lowest BCUT2D eigenvalue weighted by Gasteiger charge is -2.30. The van der Waals surface area contributed by atoms with E-state index in [1.807, 2.05) is 6.20 Å². The number of nitrogens with one attached hydrogen (secondary N) is 1. The Morgan fingerprint density at radius 3 is 2.90 bits per heavy atom. The molecule has 2 rings (SSSR count). The van der Waals surface area contributed by atoms with Gasteiger partial charge >= 0.3 is 5.97 Å². The molecule has 2 unspecified atom stereocenters. The van der Waals surface area contributed by atoms with Crippen molar-refractivity contribution in [3.8, 4) is 0 Å². The van der Waals surface area contributed by atoms with Gasteiger partial charge in [-0.25, -0.2) is 4.98 Å². The van der Waals surface area contributed by atoms with Crippen LogP contribution in [-0.4, -0.2) is 32.2 Å². The molecule has 1 heterocycles. The number of hydrogen-bond donors (Lipinski definition) is 2. The Morgan fingerprint density at radius 2 is 2.35 bits per heavy atom. The quantitative estimate of drug-likeness (QED) is 0.766. The number of nitrogens with zero attached hydrogens (tertiary/aromatic N) is 2. The van der Waals surface area contributed by atoms with Gasteiger partial charge < -0.3 is 9.67 Å². The van der Waals surface area contributed by atoms with E-state index in [2.05, 4.69) is 28.7 Å². The Labute approximate surface area is 120 Å². The molecule has 2 N–H and O–H groups in total. The van der Waals surface area contributed by atoms with Crippen LogP contribution < -0.4 is 5.32 Å². The minimum atomic E-state index is -0.867. The largest absolute Gasteiger partial charge is 0.480 e. The number of aliphatic carboxylic acids is 1. The summed E-state index contributed by atoms with van der Waals surface area (Å²) in [6.45, 7) is 5.98. The molecule has 1 saturated carbocycles. The topological polar surface area (TPSA) is 67.2 Å². The molecular weight excluding hydrogens is 254 g/mol. The normalized spacial score (nSPS) is 19.6. The summed E-state index contributed by atoms with van der Waals surface area (Å²) in [4.78, 5) is 16.0. The molecule has 1 aliphatic rings. The summed E-state index contributed by atoms with van der Waals surface area (Å²) in [5.74, 6) is 0.271. The highest BCUT2D eigenvalue weighted by Gasteiger charge is 2.39. The van der Waals surface area contributed by atoms with Gasteiger partial charge in [0.1, 0.15) is 11.4 Å². The van der Waals surface area contributed by atoms with Crippen LogP contribution in [-0.2, 0) is 11.2 Å². The lowest BCUT2D eigenvalue weighted by atomic mass is 9.93. The summed E-state index contributed by atoms with van der Waals surface area (Å²) >= 11 is 0. The van der Waals surface area contributed by atoms with E-state index in [1.165, 1.54) is 0 Å². The summed E-state index contributed by atoms with van der Waals surface area (Å²) in [6.07, 6.45) is 8.46. The average Bonchev–Trinajstić information content (AvgIpc) is 3.05. The first-order valence-corrected chi connectivity index (χ1v) is 7.49. The second-order valence-electron chi connectivity index (χ2n) is 6.11. The molecule has 0 aliphatic heterocycles. The van der Waals surface area contributed by atoms with Gasteiger partial charge in [-0.2, -0.15) is 0 Å². The van der Waals surface area contributed by atoms with Crippen molar-refractivity contribution in [1.82, 2.24) is 14.9 Å². The van der Waals surface area contributed by atoms with Gasteiger partial charge in [0.25, 0.3) is 0 Å². The molecule has 2 atom stereocenters. The SMILES string of the molecule is CCCc1nccn1C(C)CC(C)(NC1CC1)C(=O)O. The maximum atomic E-state index is 11.6. The highest BCUT2D eigenvalue weighted by Crippen LogP contribution is 2.28. The van der Waals surface area contributed by atoms with Crippen LogP contribution in [0.2, 0.25) is 0 Å². The Hall–Kier alpha value is -1.36. The van der Waals surface area contributed by atoms with Crippen molar-refractivity contribution in [1.29, 1.82) is 0 Å². The Morgan fingerprint density at radius 1 is 1.65 bits per heavy atom. The van der Waals surface area contributed by atoms with Crippen LogP contribution in [0, 0.1) is 0 Å². The molecule has 1 aromatic rings. The molecule has 5 heteroatoms. The zero-order valence-corrected chi connectivity index (χ0v) is 12.6. The third kappa shape index (κ3) is 3.39. The second-order valence-corrected chi connectivity index (χ2v) is 6.11. The van der Waals surface area contributed by atoms with E-state index >= 15 is 0 Å². The van der Waals surface area contributed by atoms with Gasteiger partial charge in [-0.15, -0.1) is 0 Å². The van der Waals surface area contributed by atoms with Gasteiger partial charge in [0.2, 0.25) is 0 Å². The molecule has 0 amide bonds. The minimum absolute atomic E-state index is 0.117. The van der Waals surface area contributed by atoms with E-state index in [-0.39, 0.29) is 6.04 Å². The summed E-state index contributed by atoms with van der Waals surface area (Å²) in [7, 11) is 0. The van der Waals surface area contributed by atoms with Gasteiger partial charge in [0.15, 0.2) is 0 Å². The molecular formula is C15H25N3O2. The molecule has 5 nitrogen and oxygen atoms in total. The molecule has 20 heavy (non-hydrogen) atoms. The number of aryl methyl sites for hydroxylation is 1. The highest BCUT2D eigenvalue weighted by atomic mass is 16.4. The predicted molar refractivity (Wildman–Crippen MR) is 77.7 cm³/mol. The van der Waals surface area contributed by atoms with Crippen molar-refractivity contribution in [2.45, 2.75) is 70.5 Å². The first-order chi connectivity index (χ1) is 9.46. The smallest absolute Gasteiger partial charge is 0.323 e. The van der Waals surface area contributed by atoms with Crippen LogP contribution in [0.5, 0.6) is 0 Å². The lowest BCUT2D eigenvalue weighted by molar-refractivity contribution is -0.145. The number of carboxylic acid groups (broad SMARTS) is 1. The van der Waals surface area contributed by atoms with Crippen LogP contribution >= 0.6 is 0 Å². The fraction of sp³-hybridized carbons (Fsp3) is 0.733. The summed E-state index contributed by atoms with van der Waals surface area (Å²) in [5.41, 5.74) is -0.867. The molecule has 0 aromatic carbocycles. The second kappa shape index (κ2) is 5.95. The van der Waals surface area contributed by atoms with Gasteiger partial charge in [0.05, 0.1) is 0 Å². The van der Waals surface area contributed by atoms with E-state index < -0.39 is 11.5 Å². The van der Waals surface area contributed by atoms with Gasteiger partial charge in [-0.05, 0) is 39.5 Å². The number of carbonyl (C=O) groups is 1. The van der Waals surface area contributed by atoms with E-state index in [4.69, 9.17) is 0 Å². The zero-order chi connectivity index (χ0) is 14.8. The van der Waals surface area contributed by atoms with Crippen molar-refractivity contribution in [2.75, 3.05) is 0 Å². The number of rotatable bonds is 8. The van der Waals surface area contributed by atoms with Crippen molar-refractivity contribution in [3.63, 3.8) is 0 Å². The van der Waals surface area contributed by atoms with Crippen LogP contribution in [0.3, 0.4) is 0 Å². The monoisotopic (exact) mass is 279 g/mol. The third-order valence-electron chi connectivity index (χ3n) is 3.97. The van der Waals surface area contributed by atoms with E-state index in [0.717, 1.165) is 31.5 Å². The standard InChI is InChI=1S/C15H25N3O2/c1-4-5-13-16-8-9-18(13)11(2)10-15(3,14(19)20)17-12-6-7-12/h8-9,11-12,17H,4-7,10H2,1-3H3,(H,19,20). The molecule has 0 bridgehead atoms. The maximum Gasteiger partial charge on any atom is 0.323 e. The molecule has 112 valence electrons. The predicted octanol–water partition coefficient (Wildman–Crippen LogP) is 2.38. The molecule has 0 radical (unpaired) electrons. The highest BCUT2D eigenvalue weighted by molar-refractivity contribution is 5.78. The van der Waals surface area contributed by atoms with Crippen LogP contribution in [0.4, 0.5) is 0 Å². The summed E-state index contributed by atoms with van der Waals surface area (Å²) in [5, 5.41) is 12.8.